The van der Waals surface area contributed by atoms with Gasteiger partial charge in [0, 0.05) is 47.4 Å². The molecular weight excluding hydrogens is 512 g/mol. The van der Waals surface area contributed by atoms with E-state index in [9.17, 15) is 9.59 Å². The maximum absolute atomic E-state index is 13.2. The number of Topliss-reactive ketones (excluding diaryl/α,β-unsaturated/α-hetero) is 1. The Morgan fingerprint density at radius 1 is 1.18 bits per heavy atom. The van der Waals surface area contributed by atoms with Crippen LogP contribution >= 0.6 is 11.3 Å². The summed E-state index contributed by atoms with van der Waals surface area (Å²) in [5, 5.41) is 0.835. The first kappa shape index (κ1) is 25.6. The summed E-state index contributed by atoms with van der Waals surface area (Å²) in [6.45, 7) is 8.28. The van der Waals surface area contributed by atoms with E-state index >= 15 is 0 Å². The number of carbonyl (C=O) groups is 2. The zero-order valence-corrected chi connectivity index (χ0v) is 23.3. The maximum atomic E-state index is 13.2. The van der Waals surface area contributed by atoms with E-state index in [-0.39, 0.29) is 24.0 Å². The molecule has 1 aromatic carbocycles. The molecule has 6 rings (SSSR count). The fraction of sp³-hybridized carbons (Fsp3) is 0.414. The van der Waals surface area contributed by atoms with Crippen molar-refractivity contribution in [1.29, 1.82) is 0 Å². The van der Waals surface area contributed by atoms with Crippen molar-refractivity contribution < 1.29 is 14.3 Å². The summed E-state index contributed by atoms with van der Waals surface area (Å²) in [7, 11) is 0. The average molecular weight is 545 g/mol. The van der Waals surface area contributed by atoms with Gasteiger partial charge < -0.3 is 15.4 Å². The molecule has 0 bridgehead atoms. The molecule has 2 saturated heterocycles. The van der Waals surface area contributed by atoms with Crippen LogP contribution in [-0.2, 0) is 16.0 Å². The molecule has 10 heteroatoms. The number of carbonyl (C=O) groups excluding carboxylic acids is 2. The molecule has 1 atom stereocenters. The lowest BCUT2D eigenvalue weighted by atomic mass is 9.85. The van der Waals surface area contributed by atoms with Gasteiger partial charge in [-0.25, -0.2) is 15.0 Å². The van der Waals surface area contributed by atoms with Crippen LogP contribution in [0.4, 0.5) is 5.82 Å². The number of ketones is 1. The SMILES string of the molecule is Cc1nc(CC(=O)c2ccc(-c3nc([C@@H]4CCCN(C(=O)C5(C)COC5)C4)n4ccnc(N)c34)cc2)sc1C. The van der Waals surface area contributed by atoms with E-state index in [1.54, 1.807) is 17.5 Å². The lowest BCUT2D eigenvalue weighted by molar-refractivity contribution is -0.169. The van der Waals surface area contributed by atoms with Gasteiger partial charge in [-0.15, -0.1) is 11.3 Å². The lowest BCUT2D eigenvalue weighted by Crippen LogP contribution is -2.55. The van der Waals surface area contributed by atoms with E-state index in [4.69, 9.17) is 15.5 Å². The van der Waals surface area contributed by atoms with Crippen LogP contribution in [-0.4, -0.2) is 62.2 Å². The number of imidazole rings is 1. The van der Waals surface area contributed by atoms with Crippen molar-refractivity contribution in [2.75, 3.05) is 32.0 Å². The topological polar surface area (TPSA) is 116 Å². The van der Waals surface area contributed by atoms with Crippen LogP contribution < -0.4 is 5.73 Å². The molecule has 2 aliphatic rings. The van der Waals surface area contributed by atoms with Gasteiger partial charge in [0.15, 0.2) is 5.78 Å². The molecule has 2 N–H and O–H groups in total. The van der Waals surface area contributed by atoms with Gasteiger partial charge in [-0.2, -0.15) is 0 Å². The van der Waals surface area contributed by atoms with Crippen LogP contribution in [0.15, 0.2) is 36.7 Å². The first-order valence-electron chi connectivity index (χ1n) is 13.3. The number of hydrogen-bond acceptors (Lipinski definition) is 8. The highest BCUT2D eigenvalue weighted by Gasteiger charge is 2.44. The summed E-state index contributed by atoms with van der Waals surface area (Å²) in [4.78, 5) is 43.1. The van der Waals surface area contributed by atoms with Gasteiger partial charge in [-0.3, -0.25) is 14.0 Å². The predicted octanol–water partition coefficient (Wildman–Crippen LogP) is 4.22. The third kappa shape index (κ3) is 4.61. The smallest absolute Gasteiger partial charge is 0.233 e. The largest absolute Gasteiger partial charge is 0.382 e. The van der Waals surface area contributed by atoms with E-state index in [2.05, 4.69) is 9.97 Å². The highest BCUT2D eigenvalue weighted by atomic mass is 32.1. The zero-order chi connectivity index (χ0) is 27.3. The third-order valence-electron chi connectivity index (χ3n) is 7.91. The highest BCUT2D eigenvalue weighted by molar-refractivity contribution is 7.11. The fourth-order valence-corrected chi connectivity index (χ4v) is 6.46. The van der Waals surface area contributed by atoms with E-state index < -0.39 is 5.41 Å². The number of aromatic nitrogens is 4. The number of nitrogens with two attached hydrogens (primary N) is 1. The van der Waals surface area contributed by atoms with Crippen molar-refractivity contribution in [3.05, 3.63) is 63.6 Å². The number of nitrogen functional groups attached to an aromatic ring is 1. The van der Waals surface area contributed by atoms with E-state index in [1.165, 1.54) is 0 Å². The van der Waals surface area contributed by atoms with Gasteiger partial charge in [-0.1, -0.05) is 24.3 Å². The number of fused-ring (bicyclic) bond motifs is 1. The number of ether oxygens (including phenoxy) is 1. The molecule has 2 fully saturated rings. The van der Waals surface area contributed by atoms with Crippen LogP contribution in [0.5, 0.6) is 0 Å². The van der Waals surface area contributed by atoms with Crippen LogP contribution in [0, 0.1) is 19.3 Å². The molecule has 0 aliphatic carbocycles. The molecule has 0 radical (unpaired) electrons. The van der Waals surface area contributed by atoms with Gasteiger partial charge in [0.05, 0.1) is 30.7 Å². The molecule has 1 amide bonds. The number of anilines is 1. The average Bonchev–Trinajstić information content (AvgIpc) is 3.47. The number of likely N-dealkylation sites (tertiary alicyclic amines) is 1. The van der Waals surface area contributed by atoms with Gasteiger partial charge in [0.1, 0.15) is 27.9 Å². The van der Waals surface area contributed by atoms with E-state index in [1.807, 2.05) is 60.5 Å². The predicted molar refractivity (Wildman–Crippen MR) is 150 cm³/mol. The summed E-state index contributed by atoms with van der Waals surface area (Å²) in [6.07, 6.45) is 5.69. The number of aryl methyl sites for hydroxylation is 2. The number of amides is 1. The van der Waals surface area contributed by atoms with E-state index in [0.29, 0.717) is 31.1 Å². The molecule has 0 saturated carbocycles. The Labute approximate surface area is 231 Å². The normalized spacial score (nSPS) is 18.7. The van der Waals surface area contributed by atoms with Gasteiger partial charge in [0.25, 0.3) is 0 Å². The monoisotopic (exact) mass is 544 g/mol. The van der Waals surface area contributed by atoms with Crippen molar-refractivity contribution in [2.24, 2.45) is 5.41 Å². The number of thiazole rings is 1. The molecule has 5 heterocycles. The molecule has 4 aromatic rings. The minimum Gasteiger partial charge on any atom is -0.382 e. The highest BCUT2D eigenvalue weighted by Crippen LogP contribution is 2.36. The van der Waals surface area contributed by atoms with Gasteiger partial charge >= 0.3 is 0 Å². The van der Waals surface area contributed by atoms with Gasteiger partial charge in [0.2, 0.25) is 5.91 Å². The molecular formula is C29H32N6O3S. The second-order valence-electron chi connectivity index (χ2n) is 10.9. The Balaban J connectivity index is 1.28. The van der Waals surface area contributed by atoms with Crippen LogP contribution in [0.3, 0.4) is 0 Å². The molecule has 0 unspecified atom stereocenters. The Kier molecular flexibility index (Phi) is 6.47. The second-order valence-corrected chi connectivity index (χ2v) is 12.2. The Morgan fingerprint density at radius 3 is 2.62 bits per heavy atom. The van der Waals surface area contributed by atoms with Crippen LogP contribution in [0.1, 0.15) is 57.4 Å². The number of piperidine rings is 1. The van der Waals surface area contributed by atoms with Crippen LogP contribution in [0.25, 0.3) is 16.8 Å². The van der Waals surface area contributed by atoms with Crippen molar-refractivity contribution in [1.82, 2.24) is 24.3 Å². The number of rotatable bonds is 6. The number of hydrogen-bond donors (Lipinski definition) is 1. The number of nitrogens with zero attached hydrogens (tertiary/aromatic N) is 5. The number of benzene rings is 1. The molecule has 39 heavy (non-hydrogen) atoms. The lowest BCUT2D eigenvalue weighted by Gasteiger charge is -2.42. The van der Waals surface area contributed by atoms with Crippen LogP contribution in [0.2, 0.25) is 0 Å². The minimum absolute atomic E-state index is 0.0318. The second kappa shape index (κ2) is 9.84. The summed E-state index contributed by atoms with van der Waals surface area (Å²) < 4.78 is 7.34. The molecule has 0 spiro atoms. The first-order valence-corrected chi connectivity index (χ1v) is 14.1. The molecule has 9 nitrogen and oxygen atoms in total. The molecule has 3 aromatic heterocycles. The maximum Gasteiger partial charge on any atom is 0.233 e. The summed E-state index contributed by atoms with van der Waals surface area (Å²) in [5.41, 5.74) is 9.87. The Hall–Kier alpha value is -3.63. The van der Waals surface area contributed by atoms with Crippen molar-refractivity contribution in [3.63, 3.8) is 0 Å². The summed E-state index contributed by atoms with van der Waals surface area (Å²) >= 11 is 1.57. The third-order valence-corrected chi connectivity index (χ3v) is 8.98. The zero-order valence-electron chi connectivity index (χ0n) is 22.4. The van der Waals surface area contributed by atoms with E-state index in [0.717, 1.165) is 57.6 Å². The van der Waals surface area contributed by atoms with Crippen molar-refractivity contribution in [3.8, 4) is 11.3 Å². The first-order chi connectivity index (χ1) is 18.7. The summed E-state index contributed by atoms with van der Waals surface area (Å²) in [6, 6.07) is 7.51. The Morgan fingerprint density at radius 2 is 1.95 bits per heavy atom. The quantitative estimate of drug-likeness (QED) is 0.361. The minimum atomic E-state index is -0.424. The fourth-order valence-electron chi connectivity index (χ4n) is 5.53. The Bertz CT molecular complexity index is 1550. The standard InChI is InChI=1S/C29H32N6O3S/c1-17-18(2)39-23(32-17)13-22(36)19-6-8-20(9-7-19)24-25-26(30)31-10-12-35(25)27(33-24)21-5-4-11-34(14-21)28(37)29(3)15-38-16-29/h6-10,12,21H,4-5,11,13-16H2,1-3H3,(H2,30,31)/t21-/m1/s1. The van der Waals surface area contributed by atoms with Gasteiger partial charge in [-0.05, 0) is 33.6 Å². The summed E-state index contributed by atoms with van der Waals surface area (Å²) in [5.74, 6) is 1.52. The molecule has 202 valence electrons. The molecule has 2 aliphatic heterocycles. The van der Waals surface area contributed by atoms with Crippen molar-refractivity contribution in [2.45, 2.75) is 46.0 Å². The van der Waals surface area contributed by atoms with Crippen molar-refractivity contribution >= 4 is 34.4 Å².